The summed E-state index contributed by atoms with van der Waals surface area (Å²) in [5.41, 5.74) is 1.38. The molecule has 1 N–H and O–H groups in total. The molecular formula is C12H17N3O3. The number of hydrogen-bond donors (Lipinski definition) is 1. The number of aromatic amines is 1. The summed E-state index contributed by atoms with van der Waals surface area (Å²) >= 11 is 0. The van der Waals surface area contributed by atoms with Gasteiger partial charge in [-0.2, -0.15) is 5.10 Å². The lowest BCUT2D eigenvalue weighted by atomic mass is 10.0. The molecule has 0 aliphatic carbocycles. The van der Waals surface area contributed by atoms with Crippen molar-refractivity contribution in [1.82, 2.24) is 15.1 Å². The number of aryl methyl sites for hydroxylation is 1. The molecule has 0 bridgehead atoms. The van der Waals surface area contributed by atoms with Crippen LogP contribution < -0.4 is 0 Å². The normalized spacial score (nSPS) is 22.6. The van der Waals surface area contributed by atoms with E-state index >= 15 is 0 Å². The van der Waals surface area contributed by atoms with Crippen molar-refractivity contribution in [3.05, 3.63) is 17.5 Å². The molecule has 2 fully saturated rings. The quantitative estimate of drug-likeness (QED) is 0.797. The zero-order chi connectivity index (χ0) is 12.6. The number of H-pyrrole nitrogens is 1. The molecule has 1 spiro atoms. The van der Waals surface area contributed by atoms with Crippen LogP contribution in [0.3, 0.4) is 0 Å². The summed E-state index contributed by atoms with van der Waals surface area (Å²) in [6, 6.07) is 1.77. The molecule has 0 atom stereocenters. The van der Waals surface area contributed by atoms with Gasteiger partial charge in [-0.1, -0.05) is 0 Å². The second kappa shape index (κ2) is 4.37. The Morgan fingerprint density at radius 3 is 2.61 bits per heavy atom. The van der Waals surface area contributed by atoms with Crippen LogP contribution in [-0.2, 0) is 9.47 Å². The summed E-state index contributed by atoms with van der Waals surface area (Å²) < 4.78 is 11.3. The molecule has 18 heavy (non-hydrogen) atoms. The summed E-state index contributed by atoms with van der Waals surface area (Å²) in [5.74, 6) is -0.453. The van der Waals surface area contributed by atoms with Gasteiger partial charge >= 0.3 is 0 Å². The van der Waals surface area contributed by atoms with E-state index in [0.29, 0.717) is 32.0 Å². The largest absolute Gasteiger partial charge is 0.347 e. The number of ether oxygens (including phenoxy) is 2. The average Bonchev–Trinajstić information content (AvgIpc) is 3.00. The number of amides is 1. The van der Waals surface area contributed by atoms with E-state index in [4.69, 9.17) is 9.47 Å². The molecule has 2 saturated heterocycles. The summed E-state index contributed by atoms with van der Waals surface area (Å²) in [4.78, 5) is 14.0. The zero-order valence-electron chi connectivity index (χ0n) is 10.4. The van der Waals surface area contributed by atoms with Crippen molar-refractivity contribution < 1.29 is 14.3 Å². The Morgan fingerprint density at radius 2 is 2.06 bits per heavy atom. The van der Waals surface area contributed by atoms with Crippen molar-refractivity contribution in [2.75, 3.05) is 26.3 Å². The third kappa shape index (κ3) is 2.02. The van der Waals surface area contributed by atoms with Crippen LogP contribution in [-0.4, -0.2) is 53.1 Å². The molecule has 2 aliphatic heterocycles. The minimum atomic E-state index is -0.432. The minimum Gasteiger partial charge on any atom is -0.347 e. The first-order valence-electron chi connectivity index (χ1n) is 6.28. The molecule has 6 nitrogen and oxygen atoms in total. The van der Waals surface area contributed by atoms with Crippen LogP contribution in [0.2, 0.25) is 0 Å². The number of aromatic nitrogens is 2. The van der Waals surface area contributed by atoms with Crippen LogP contribution in [0.25, 0.3) is 0 Å². The Morgan fingerprint density at radius 1 is 1.39 bits per heavy atom. The van der Waals surface area contributed by atoms with Crippen molar-refractivity contribution in [2.24, 2.45) is 0 Å². The first-order chi connectivity index (χ1) is 8.69. The van der Waals surface area contributed by atoms with E-state index in [0.717, 1.165) is 18.5 Å². The molecule has 0 unspecified atom stereocenters. The van der Waals surface area contributed by atoms with Gasteiger partial charge in [0.05, 0.1) is 13.2 Å². The second-order valence-electron chi connectivity index (χ2n) is 4.84. The van der Waals surface area contributed by atoms with E-state index in [-0.39, 0.29) is 5.91 Å². The molecule has 6 heteroatoms. The molecule has 2 aliphatic rings. The SMILES string of the molecule is Cc1cc(C(=O)N2CCC3(CC2)OCCO3)n[nH]1. The van der Waals surface area contributed by atoms with Gasteiger partial charge in [0.25, 0.3) is 5.91 Å². The van der Waals surface area contributed by atoms with E-state index in [1.807, 2.05) is 11.8 Å². The standard InChI is InChI=1S/C12H17N3O3/c1-9-8-10(14-13-9)11(16)15-4-2-12(3-5-15)17-6-7-18-12/h8H,2-7H2,1H3,(H,13,14). The highest BCUT2D eigenvalue weighted by atomic mass is 16.7. The van der Waals surface area contributed by atoms with Gasteiger partial charge in [-0.05, 0) is 13.0 Å². The van der Waals surface area contributed by atoms with Gasteiger partial charge in [0.2, 0.25) is 0 Å². The Balaban J connectivity index is 1.64. The summed E-state index contributed by atoms with van der Waals surface area (Å²) in [6.45, 7) is 4.52. The first kappa shape index (κ1) is 11.7. The van der Waals surface area contributed by atoms with Gasteiger partial charge < -0.3 is 14.4 Å². The van der Waals surface area contributed by atoms with Crippen LogP contribution in [0.4, 0.5) is 0 Å². The smallest absolute Gasteiger partial charge is 0.274 e. The van der Waals surface area contributed by atoms with Crippen molar-refractivity contribution in [3.8, 4) is 0 Å². The number of nitrogens with zero attached hydrogens (tertiary/aromatic N) is 2. The minimum absolute atomic E-state index is 0.0211. The fourth-order valence-corrected chi connectivity index (χ4v) is 2.53. The van der Waals surface area contributed by atoms with Crippen molar-refractivity contribution >= 4 is 5.91 Å². The van der Waals surface area contributed by atoms with E-state index in [1.165, 1.54) is 0 Å². The zero-order valence-corrected chi connectivity index (χ0v) is 10.4. The predicted octanol–water partition coefficient (Wildman–Crippen LogP) is 0.697. The average molecular weight is 251 g/mol. The molecule has 0 aromatic carbocycles. The molecule has 3 rings (SSSR count). The summed E-state index contributed by atoms with van der Waals surface area (Å²) in [5, 5.41) is 6.79. The van der Waals surface area contributed by atoms with Gasteiger partial charge in [0, 0.05) is 31.6 Å². The fraction of sp³-hybridized carbons (Fsp3) is 0.667. The molecule has 0 saturated carbocycles. The molecule has 0 radical (unpaired) electrons. The van der Waals surface area contributed by atoms with E-state index < -0.39 is 5.79 Å². The predicted molar refractivity (Wildman–Crippen MR) is 63.1 cm³/mol. The molecular weight excluding hydrogens is 234 g/mol. The Labute approximate surface area is 105 Å². The van der Waals surface area contributed by atoms with Gasteiger partial charge in [0.1, 0.15) is 5.69 Å². The lowest BCUT2D eigenvalue weighted by Gasteiger charge is -2.37. The number of carbonyl (C=O) groups is 1. The van der Waals surface area contributed by atoms with Crippen molar-refractivity contribution in [1.29, 1.82) is 0 Å². The fourth-order valence-electron chi connectivity index (χ4n) is 2.53. The lowest BCUT2D eigenvalue weighted by Crippen LogP contribution is -2.47. The van der Waals surface area contributed by atoms with Gasteiger partial charge in [-0.3, -0.25) is 9.89 Å². The van der Waals surface area contributed by atoms with Gasteiger partial charge in [-0.15, -0.1) is 0 Å². The Hall–Kier alpha value is -1.40. The molecule has 1 amide bonds. The number of piperidine rings is 1. The molecule has 3 heterocycles. The first-order valence-corrected chi connectivity index (χ1v) is 6.28. The maximum atomic E-state index is 12.2. The monoisotopic (exact) mass is 251 g/mol. The van der Waals surface area contributed by atoms with Crippen LogP contribution in [0.5, 0.6) is 0 Å². The number of likely N-dealkylation sites (tertiary alicyclic amines) is 1. The van der Waals surface area contributed by atoms with E-state index in [9.17, 15) is 4.79 Å². The van der Waals surface area contributed by atoms with Crippen molar-refractivity contribution in [2.45, 2.75) is 25.6 Å². The molecule has 1 aromatic rings. The summed E-state index contributed by atoms with van der Waals surface area (Å²) in [7, 11) is 0. The Bertz CT molecular complexity index is 441. The topological polar surface area (TPSA) is 67.5 Å². The number of rotatable bonds is 1. The van der Waals surface area contributed by atoms with Crippen LogP contribution >= 0.6 is 0 Å². The molecule has 98 valence electrons. The number of hydrogen-bond acceptors (Lipinski definition) is 4. The van der Waals surface area contributed by atoms with Crippen molar-refractivity contribution in [3.63, 3.8) is 0 Å². The number of carbonyl (C=O) groups excluding carboxylic acids is 1. The highest BCUT2D eigenvalue weighted by Crippen LogP contribution is 2.31. The third-order valence-corrected chi connectivity index (χ3v) is 3.55. The highest BCUT2D eigenvalue weighted by Gasteiger charge is 2.41. The maximum Gasteiger partial charge on any atom is 0.274 e. The highest BCUT2D eigenvalue weighted by molar-refractivity contribution is 5.92. The van der Waals surface area contributed by atoms with Gasteiger partial charge in [0.15, 0.2) is 5.79 Å². The second-order valence-corrected chi connectivity index (χ2v) is 4.84. The van der Waals surface area contributed by atoms with E-state index in [1.54, 1.807) is 6.07 Å². The van der Waals surface area contributed by atoms with E-state index in [2.05, 4.69) is 10.2 Å². The van der Waals surface area contributed by atoms with Gasteiger partial charge in [-0.25, -0.2) is 0 Å². The third-order valence-electron chi connectivity index (χ3n) is 3.55. The lowest BCUT2D eigenvalue weighted by molar-refractivity contribution is -0.181. The summed E-state index contributed by atoms with van der Waals surface area (Å²) in [6.07, 6.45) is 1.48. The Kier molecular flexibility index (Phi) is 2.83. The van der Waals surface area contributed by atoms with Crippen LogP contribution in [0.1, 0.15) is 29.0 Å². The number of nitrogens with one attached hydrogen (secondary N) is 1. The van der Waals surface area contributed by atoms with Crippen LogP contribution in [0.15, 0.2) is 6.07 Å². The maximum absolute atomic E-state index is 12.2. The molecule has 1 aromatic heterocycles. The van der Waals surface area contributed by atoms with Crippen LogP contribution in [0, 0.1) is 6.92 Å².